The molecule has 1 aromatic heterocycles. The minimum absolute atomic E-state index is 0.0111. The van der Waals surface area contributed by atoms with E-state index in [1.54, 1.807) is 6.20 Å². The number of aromatic nitrogens is 2. The molecule has 0 unspecified atom stereocenters. The van der Waals surface area contributed by atoms with Crippen LogP contribution in [0.1, 0.15) is 44.1 Å². The summed E-state index contributed by atoms with van der Waals surface area (Å²) in [5.74, 6) is -0.110. The van der Waals surface area contributed by atoms with E-state index in [0.717, 1.165) is 31.2 Å². The molecule has 0 radical (unpaired) electrons. The van der Waals surface area contributed by atoms with E-state index >= 15 is 0 Å². The molecule has 1 aliphatic heterocycles. The fraction of sp³-hybridized carbons (Fsp3) is 0.429. The highest BCUT2D eigenvalue weighted by molar-refractivity contribution is 6.32. The van der Waals surface area contributed by atoms with Crippen LogP contribution in [-0.2, 0) is 16.1 Å². The summed E-state index contributed by atoms with van der Waals surface area (Å²) in [7, 11) is 0. The van der Waals surface area contributed by atoms with Gasteiger partial charge in [0.05, 0.1) is 18.4 Å². The molecule has 29 heavy (non-hydrogen) atoms. The Morgan fingerprint density at radius 3 is 2.31 bits per heavy atom. The Morgan fingerprint density at radius 1 is 1.00 bits per heavy atom. The highest BCUT2D eigenvalue weighted by Gasteiger charge is 2.36. The van der Waals surface area contributed by atoms with Gasteiger partial charge in [0.2, 0.25) is 11.8 Å². The minimum atomic E-state index is -0.331. The van der Waals surface area contributed by atoms with E-state index in [-0.39, 0.29) is 34.5 Å². The zero-order chi connectivity index (χ0) is 20.4. The van der Waals surface area contributed by atoms with Gasteiger partial charge in [-0.25, -0.2) is 4.68 Å². The summed E-state index contributed by atoms with van der Waals surface area (Å²) in [6.07, 6.45) is 5.36. The number of hydrogen-bond acceptors (Lipinski definition) is 5. The van der Waals surface area contributed by atoms with Crippen LogP contribution < -0.4 is 10.9 Å². The Labute approximate surface area is 173 Å². The van der Waals surface area contributed by atoms with Crippen LogP contribution in [0, 0.1) is 0 Å². The third kappa shape index (κ3) is 4.19. The maximum Gasteiger partial charge on any atom is 0.287 e. The molecular formula is C21H23ClN4O3. The number of carbonyl (C=O) groups excluding carboxylic acids is 2. The molecule has 152 valence electrons. The SMILES string of the molecule is O=C1CCC(=O)N1C1CCC(Nc2cnn(Cc3ccccc3)c(=O)c2Cl)CC1. The lowest BCUT2D eigenvalue weighted by Gasteiger charge is -2.34. The first-order valence-electron chi connectivity index (χ1n) is 9.94. The number of anilines is 1. The molecule has 4 rings (SSSR count). The third-order valence-electron chi connectivity index (χ3n) is 5.67. The first-order chi connectivity index (χ1) is 14.0. The number of benzene rings is 1. The average molecular weight is 415 g/mol. The first-order valence-corrected chi connectivity index (χ1v) is 10.3. The Kier molecular flexibility index (Phi) is 5.67. The summed E-state index contributed by atoms with van der Waals surface area (Å²) in [5, 5.41) is 7.70. The summed E-state index contributed by atoms with van der Waals surface area (Å²) in [6.45, 7) is 0.364. The normalized spacial score (nSPS) is 22.2. The van der Waals surface area contributed by atoms with Crippen LogP contribution in [-0.4, -0.2) is 38.6 Å². The van der Waals surface area contributed by atoms with Gasteiger partial charge in [-0.15, -0.1) is 0 Å². The van der Waals surface area contributed by atoms with Gasteiger partial charge in [-0.2, -0.15) is 5.10 Å². The molecule has 2 aliphatic rings. The molecule has 8 heteroatoms. The van der Waals surface area contributed by atoms with Crippen LogP contribution in [0.3, 0.4) is 0 Å². The van der Waals surface area contributed by atoms with E-state index in [1.165, 1.54) is 9.58 Å². The van der Waals surface area contributed by atoms with Gasteiger partial charge in [-0.05, 0) is 31.2 Å². The monoisotopic (exact) mass is 414 g/mol. The molecule has 7 nitrogen and oxygen atoms in total. The predicted molar refractivity (Wildman–Crippen MR) is 110 cm³/mol. The van der Waals surface area contributed by atoms with Crippen molar-refractivity contribution < 1.29 is 9.59 Å². The summed E-state index contributed by atoms with van der Waals surface area (Å²) >= 11 is 6.32. The largest absolute Gasteiger partial charge is 0.380 e. The number of amides is 2. The van der Waals surface area contributed by atoms with Crippen LogP contribution in [0.5, 0.6) is 0 Å². The fourth-order valence-electron chi connectivity index (χ4n) is 4.13. The van der Waals surface area contributed by atoms with E-state index in [0.29, 0.717) is 25.1 Å². The summed E-state index contributed by atoms with van der Waals surface area (Å²) < 4.78 is 1.35. The molecular weight excluding hydrogens is 392 g/mol. The van der Waals surface area contributed by atoms with Gasteiger partial charge in [0.15, 0.2) is 0 Å². The van der Waals surface area contributed by atoms with Gasteiger partial charge in [-0.3, -0.25) is 19.3 Å². The molecule has 2 aromatic rings. The van der Waals surface area contributed by atoms with Crippen LogP contribution in [0.15, 0.2) is 41.3 Å². The van der Waals surface area contributed by atoms with E-state index in [4.69, 9.17) is 11.6 Å². The lowest BCUT2D eigenvalue weighted by Crippen LogP contribution is -2.43. The lowest BCUT2D eigenvalue weighted by atomic mass is 9.90. The number of nitrogens with one attached hydrogen (secondary N) is 1. The standard InChI is InChI=1S/C21H23ClN4O3/c22-20-17(12-23-25(21(20)29)13-14-4-2-1-3-5-14)24-15-6-8-16(9-7-15)26-18(27)10-11-19(26)28/h1-5,12,15-16,24H,6-11,13H2. The topological polar surface area (TPSA) is 84.3 Å². The predicted octanol–water partition coefficient (Wildman–Crippen LogP) is 2.82. The second-order valence-corrected chi connectivity index (χ2v) is 8.01. The Morgan fingerprint density at radius 2 is 1.66 bits per heavy atom. The van der Waals surface area contributed by atoms with E-state index in [2.05, 4.69) is 10.4 Å². The van der Waals surface area contributed by atoms with Crippen molar-refractivity contribution in [1.29, 1.82) is 0 Å². The van der Waals surface area contributed by atoms with Crippen LogP contribution in [0.4, 0.5) is 5.69 Å². The molecule has 1 saturated heterocycles. The Hall–Kier alpha value is -2.67. The quantitative estimate of drug-likeness (QED) is 0.760. The van der Waals surface area contributed by atoms with Crippen LogP contribution in [0.2, 0.25) is 5.02 Å². The van der Waals surface area contributed by atoms with Crippen molar-refractivity contribution >= 4 is 29.1 Å². The molecule has 1 saturated carbocycles. The Bertz CT molecular complexity index is 952. The molecule has 1 aliphatic carbocycles. The Balaban J connectivity index is 1.39. The lowest BCUT2D eigenvalue weighted by molar-refractivity contribution is -0.141. The van der Waals surface area contributed by atoms with Crippen molar-refractivity contribution in [2.75, 3.05) is 5.32 Å². The molecule has 0 atom stereocenters. The molecule has 0 spiro atoms. The zero-order valence-corrected chi connectivity index (χ0v) is 16.8. The summed E-state index contributed by atoms with van der Waals surface area (Å²) in [6, 6.07) is 9.73. The number of halogens is 1. The molecule has 2 amide bonds. The van der Waals surface area contributed by atoms with E-state index < -0.39 is 0 Å². The van der Waals surface area contributed by atoms with Gasteiger partial charge in [0, 0.05) is 24.9 Å². The van der Waals surface area contributed by atoms with Crippen molar-refractivity contribution in [3.8, 4) is 0 Å². The highest BCUT2D eigenvalue weighted by atomic mass is 35.5. The third-order valence-corrected chi connectivity index (χ3v) is 6.04. The van der Waals surface area contributed by atoms with Crippen molar-refractivity contribution in [3.05, 3.63) is 57.5 Å². The van der Waals surface area contributed by atoms with Gasteiger partial charge in [0.1, 0.15) is 5.02 Å². The second kappa shape index (κ2) is 8.37. The fourth-order valence-corrected chi connectivity index (χ4v) is 4.33. The van der Waals surface area contributed by atoms with Crippen molar-refractivity contribution in [3.63, 3.8) is 0 Å². The number of imide groups is 1. The molecule has 1 aromatic carbocycles. The van der Waals surface area contributed by atoms with E-state index in [1.807, 2.05) is 30.3 Å². The smallest absolute Gasteiger partial charge is 0.287 e. The molecule has 0 bridgehead atoms. The molecule has 1 N–H and O–H groups in total. The molecule has 2 heterocycles. The maximum atomic E-state index is 12.6. The number of likely N-dealkylation sites (tertiary alicyclic amines) is 1. The van der Waals surface area contributed by atoms with Gasteiger partial charge >= 0.3 is 0 Å². The van der Waals surface area contributed by atoms with E-state index in [9.17, 15) is 14.4 Å². The number of rotatable bonds is 5. The van der Waals surface area contributed by atoms with Crippen LogP contribution in [0.25, 0.3) is 0 Å². The number of hydrogen-bond donors (Lipinski definition) is 1. The average Bonchev–Trinajstić information content (AvgIpc) is 3.07. The maximum absolute atomic E-state index is 12.6. The zero-order valence-electron chi connectivity index (χ0n) is 16.0. The van der Waals surface area contributed by atoms with Crippen LogP contribution >= 0.6 is 11.6 Å². The minimum Gasteiger partial charge on any atom is -0.380 e. The second-order valence-electron chi connectivity index (χ2n) is 7.63. The van der Waals surface area contributed by atoms with Crippen molar-refractivity contribution in [2.24, 2.45) is 0 Å². The number of nitrogens with zero attached hydrogens (tertiary/aromatic N) is 3. The van der Waals surface area contributed by atoms with Gasteiger partial charge in [0.25, 0.3) is 5.56 Å². The number of carbonyl (C=O) groups is 2. The van der Waals surface area contributed by atoms with Gasteiger partial charge in [-0.1, -0.05) is 41.9 Å². The summed E-state index contributed by atoms with van der Waals surface area (Å²) in [5.41, 5.74) is 1.17. The van der Waals surface area contributed by atoms with Crippen molar-refractivity contribution in [2.45, 2.75) is 57.2 Å². The summed E-state index contributed by atoms with van der Waals surface area (Å²) in [4.78, 5) is 37.9. The van der Waals surface area contributed by atoms with Gasteiger partial charge < -0.3 is 5.32 Å². The first kappa shape index (κ1) is 19.6. The highest BCUT2D eigenvalue weighted by Crippen LogP contribution is 2.29. The van der Waals surface area contributed by atoms with Crippen molar-refractivity contribution in [1.82, 2.24) is 14.7 Å². The molecule has 2 fully saturated rings.